The van der Waals surface area contributed by atoms with Crippen LogP contribution in [-0.2, 0) is 9.53 Å². The van der Waals surface area contributed by atoms with Crippen LogP contribution in [0.25, 0.3) is 15.9 Å². The van der Waals surface area contributed by atoms with Crippen LogP contribution in [0.2, 0.25) is 0 Å². The molecule has 1 aromatic carbocycles. The van der Waals surface area contributed by atoms with Crippen molar-refractivity contribution in [2.45, 2.75) is 52.0 Å². The summed E-state index contributed by atoms with van der Waals surface area (Å²) in [5.74, 6) is 0.782. The number of thioether (sulfide) groups is 1. The molecule has 3 heterocycles. The standard InChI is InChI=1S/C24H29N3O4S2/c1-13-7-8-19(30-6)18(9-13)27-23(29)21-16(4)17(5)33-22(21)25-24(27)32-12-20(28)26-10-14(2)31-15(3)11-26/h7-9,14-15H,10-12H2,1-6H3. The van der Waals surface area contributed by atoms with Crippen molar-refractivity contribution in [1.29, 1.82) is 0 Å². The number of aryl methyl sites for hydroxylation is 3. The van der Waals surface area contributed by atoms with Gasteiger partial charge in [0.25, 0.3) is 5.56 Å². The van der Waals surface area contributed by atoms with Crippen molar-refractivity contribution in [3.8, 4) is 11.4 Å². The van der Waals surface area contributed by atoms with Gasteiger partial charge in [-0.2, -0.15) is 0 Å². The predicted octanol–water partition coefficient (Wildman–Crippen LogP) is 4.11. The molecule has 2 unspecified atom stereocenters. The van der Waals surface area contributed by atoms with Gasteiger partial charge in [0, 0.05) is 18.0 Å². The van der Waals surface area contributed by atoms with E-state index in [2.05, 4.69) is 0 Å². The summed E-state index contributed by atoms with van der Waals surface area (Å²) in [6.07, 6.45) is 0.00737. The van der Waals surface area contributed by atoms with Crippen LogP contribution in [0.4, 0.5) is 0 Å². The van der Waals surface area contributed by atoms with Gasteiger partial charge in [0.05, 0.1) is 36.1 Å². The van der Waals surface area contributed by atoms with Gasteiger partial charge >= 0.3 is 0 Å². The van der Waals surface area contributed by atoms with E-state index in [4.69, 9.17) is 14.5 Å². The van der Waals surface area contributed by atoms with Gasteiger partial charge < -0.3 is 14.4 Å². The number of carbonyl (C=O) groups is 1. The number of morpholine rings is 1. The first-order valence-electron chi connectivity index (χ1n) is 10.9. The number of rotatable bonds is 5. The normalized spacial score (nSPS) is 18.7. The Morgan fingerprint density at radius 3 is 2.61 bits per heavy atom. The number of aromatic nitrogens is 2. The summed E-state index contributed by atoms with van der Waals surface area (Å²) in [6.45, 7) is 11.0. The number of hydrogen-bond acceptors (Lipinski definition) is 7. The first-order valence-corrected chi connectivity index (χ1v) is 12.7. The highest BCUT2D eigenvalue weighted by Gasteiger charge is 2.27. The van der Waals surface area contributed by atoms with Crippen LogP contribution >= 0.6 is 23.1 Å². The molecule has 0 saturated carbocycles. The Hall–Kier alpha value is -2.36. The lowest BCUT2D eigenvalue weighted by molar-refractivity contribution is -0.140. The number of amides is 1. The van der Waals surface area contributed by atoms with E-state index in [1.54, 1.807) is 11.7 Å². The average molecular weight is 488 g/mol. The van der Waals surface area contributed by atoms with Gasteiger partial charge in [-0.25, -0.2) is 4.98 Å². The summed E-state index contributed by atoms with van der Waals surface area (Å²) in [7, 11) is 1.59. The van der Waals surface area contributed by atoms with Crippen molar-refractivity contribution < 1.29 is 14.3 Å². The molecule has 1 fully saturated rings. The monoisotopic (exact) mass is 487 g/mol. The molecule has 2 aromatic heterocycles. The molecule has 0 aliphatic carbocycles. The quantitative estimate of drug-likeness (QED) is 0.398. The number of hydrogen-bond donors (Lipinski definition) is 0. The molecule has 176 valence electrons. The average Bonchev–Trinajstić information content (AvgIpc) is 3.05. The molecule has 1 aliphatic heterocycles. The third-order valence-electron chi connectivity index (χ3n) is 5.84. The number of benzene rings is 1. The molecule has 33 heavy (non-hydrogen) atoms. The highest BCUT2D eigenvalue weighted by atomic mass is 32.2. The lowest BCUT2D eigenvalue weighted by Gasteiger charge is -2.35. The summed E-state index contributed by atoms with van der Waals surface area (Å²) in [5.41, 5.74) is 2.43. The molecule has 1 amide bonds. The van der Waals surface area contributed by atoms with Gasteiger partial charge in [-0.1, -0.05) is 17.8 Å². The zero-order valence-electron chi connectivity index (χ0n) is 19.8. The Bertz CT molecular complexity index is 1260. The Kier molecular flexibility index (Phi) is 6.83. The molecule has 1 aliphatic rings. The van der Waals surface area contributed by atoms with Crippen LogP contribution in [0.3, 0.4) is 0 Å². The second-order valence-electron chi connectivity index (χ2n) is 8.52. The molecule has 4 rings (SSSR count). The van der Waals surface area contributed by atoms with E-state index in [1.165, 1.54) is 23.1 Å². The third kappa shape index (κ3) is 4.67. The Labute approximate surface area is 201 Å². The molecule has 2 atom stereocenters. The van der Waals surface area contributed by atoms with Gasteiger partial charge in [-0.15, -0.1) is 11.3 Å². The molecular formula is C24H29N3O4S2. The lowest BCUT2D eigenvalue weighted by atomic mass is 10.2. The second-order valence-corrected chi connectivity index (χ2v) is 10.7. The maximum atomic E-state index is 13.7. The van der Waals surface area contributed by atoms with Crippen molar-refractivity contribution in [1.82, 2.24) is 14.5 Å². The van der Waals surface area contributed by atoms with E-state index in [9.17, 15) is 9.59 Å². The zero-order chi connectivity index (χ0) is 23.9. The number of fused-ring (bicyclic) bond motifs is 1. The summed E-state index contributed by atoms with van der Waals surface area (Å²) < 4.78 is 12.9. The fourth-order valence-electron chi connectivity index (χ4n) is 4.16. The first-order chi connectivity index (χ1) is 15.7. The molecule has 3 aromatic rings. The minimum atomic E-state index is -0.144. The van der Waals surface area contributed by atoms with Crippen molar-refractivity contribution in [3.05, 3.63) is 44.6 Å². The van der Waals surface area contributed by atoms with E-state index < -0.39 is 0 Å². The van der Waals surface area contributed by atoms with Crippen molar-refractivity contribution in [2.24, 2.45) is 0 Å². The summed E-state index contributed by atoms with van der Waals surface area (Å²) >= 11 is 2.79. The highest BCUT2D eigenvalue weighted by molar-refractivity contribution is 7.99. The number of ether oxygens (including phenoxy) is 2. The van der Waals surface area contributed by atoms with Crippen molar-refractivity contribution >= 4 is 39.2 Å². The van der Waals surface area contributed by atoms with Crippen LogP contribution in [0.15, 0.2) is 28.2 Å². The molecule has 0 N–H and O–H groups in total. The van der Waals surface area contributed by atoms with Gasteiger partial charge in [0.15, 0.2) is 5.16 Å². The number of thiophene rings is 1. The van der Waals surface area contributed by atoms with Gasteiger partial charge in [-0.3, -0.25) is 14.2 Å². The van der Waals surface area contributed by atoms with Crippen molar-refractivity contribution in [2.75, 3.05) is 26.0 Å². The molecule has 0 spiro atoms. The number of nitrogens with zero attached hydrogens (tertiary/aromatic N) is 3. The third-order valence-corrected chi connectivity index (χ3v) is 7.87. The fourth-order valence-corrected chi connectivity index (χ4v) is 6.14. The number of carbonyl (C=O) groups excluding carboxylic acids is 1. The smallest absolute Gasteiger partial charge is 0.267 e. The Morgan fingerprint density at radius 1 is 1.24 bits per heavy atom. The van der Waals surface area contributed by atoms with E-state index in [1.807, 2.05) is 57.7 Å². The van der Waals surface area contributed by atoms with Gasteiger partial charge in [-0.05, 0) is 57.9 Å². The van der Waals surface area contributed by atoms with Crippen molar-refractivity contribution in [3.63, 3.8) is 0 Å². The molecule has 9 heteroatoms. The minimum absolute atomic E-state index is 0.00369. The summed E-state index contributed by atoms with van der Waals surface area (Å²) in [4.78, 5) is 35.2. The SMILES string of the molecule is COc1ccc(C)cc1-n1c(SCC(=O)N2CC(C)OC(C)C2)nc2sc(C)c(C)c2c1=O. The molecule has 0 radical (unpaired) electrons. The van der Waals surface area contributed by atoms with Crippen LogP contribution in [-0.4, -0.2) is 58.5 Å². The van der Waals surface area contributed by atoms with Gasteiger partial charge in [0.1, 0.15) is 10.6 Å². The number of methoxy groups -OCH3 is 1. The van der Waals surface area contributed by atoms with Crippen LogP contribution in [0.5, 0.6) is 5.75 Å². The predicted molar refractivity (Wildman–Crippen MR) is 133 cm³/mol. The molecule has 7 nitrogen and oxygen atoms in total. The van der Waals surface area contributed by atoms with Crippen LogP contribution in [0, 0.1) is 20.8 Å². The first kappa shape index (κ1) is 23.8. The zero-order valence-corrected chi connectivity index (χ0v) is 21.4. The molecule has 0 bridgehead atoms. The minimum Gasteiger partial charge on any atom is -0.495 e. The van der Waals surface area contributed by atoms with Crippen LogP contribution < -0.4 is 10.3 Å². The highest BCUT2D eigenvalue weighted by Crippen LogP contribution is 2.32. The molecule has 1 saturated heterocycles. The topological polar surface area (TPSA) is 73.7 Å². The lowest BCUT2D eigenvalue weighted by Crippen LogP contribution is -2.48. The largest absolute Gasteiger partial charge is 0.495 e. The summed E-state index contributed by atoms with van der Waals surface area (Å²) in [5, 5.41) is 1.10. The summed E-state index contributed by atoms with van der Waals surface area (Å²) in [6, 6.07) is 5.71. The molecular weight excluding hydrogens is 458 g/mol. The van der Waals surface area contributed by atoms with Gasteiger partial charge in [0.2, 0.25) is 5.91 Å². The van der Waals surface area contributed by atoms with E-state index in [-0.39, 0.29) is 29.4 Å². The van der Waals surface area contributed by atoms with Crippen LogP contribution in [0.1, 0.15) is 29.9 Å². The second kappa shape index (κ2) is 9.48. The maximum absolute atomic E-state index is 13.7. The van der Waals surface area contributed by atoms with E-state index in [0.717, 1.165) is 16.0 Å². The van der Waals surface area contributed by atoms with E-state index in [0.29, 0.717) is 39.9 Å². The maximum Gasteiger partial charge on any atom is 0.267 e. The Balaban J connectivity index is 1.78. The fraction of sp³-hybridized carbons (Fsp3) is 0.458. The Morgan fingerprint density at radius 2 is 1.94 bits per heavy atom. The van der Waals surface area contributed by atoms with E-state index >= 15 is 0 Å².